The Labute approximate surface area is 97.3 Å². The Morgan fingerprint density at radius 1 is 1.56 bits per heavy atom. The van der Waals surface area contributed by atoms with Gasteiger partial charge in [-0.1, -0.05) is 25.4 Å². The van der Waals surface area contributed by atoms with Crippen LogP contribution in [0.4, 0.5) is 0 Å². The highest BCUT2D eigenvalue weighted by Gasteiger charge is 2.35. The van der Waals surface area contributed by atoms with E-state index in [1.165, 1.54) is 0 Å². The fraction of sp³-hybridized carbons (Fsp3) is 0.818. The van der Waals surface area contributed by atoms with Gasteiger partial charge in [-0.3, -0.25) is 4.79 Å². The van der Waals surface area contributed by atoms with Gasteiger partial charge in [0.15, 0.2) is 5.84 Å². The topological polar surface area (TPSA) is 78.9 Å². The molecule has 16 heavy (non-hydrogen) atoms. The Kier molecular flexibility index (Phi) is 5.27. The number of nitrogens with two attached hydrogens (primary N) is 1. The van der Waals surface area contributed by atoms with Crippen molar-refractivity contribution < 1.29 is 10.0 Å². The summed E-state index contributed by atoms with van der Waals surface area (Å²) in [4.78, 5) is 13.7. The minimum absolute atomic E-state index is 0.0616. The molecule has 0 spiro atoms. The van der Waals surface area contributed by atoms with Gasteiger partial charge in [0, 0.05) is 13.6 Å². The Morgan fingerprint density at radius 2 is 2.06 bits per heavy atom. The first kappa shape index (κ1) is 14.7. The van der Waals surface area contributed by atoms with E-state index in [4.69, 9.17) is 10.9 Å². The van der Waals surface area contributed by atoms with E-state index in [1.807, 2.05) is 0 Å². The Hall–Kier alpha value is -1.26. The highest BCUT2D eigenvalue weighted by molar-refractivity contribution is 6.05. The summed E-state index contributed by atoms with van der Waals surface area (Å²) in [7, 11) is 1.74. The summed E-state index contributed by atoms with van der Waals surface area (Å²) in [6.07, 6.45) is 1.02. The predicted molar refractivity (Wildman–Crippen MR) is 64.3 cm³/mol. The van der Waals surface area contributed by atoms with Crippen molar-refractivity contribution in [3.05, 3.63) is 0 Å². The average Bonchev–Trinajstić information content (AvgIpc) is 2.26. The average molecular weight is 229 g/mol. The summed E-state index contributed by atoms with van der Waals surface area (Å²) < 4.78 is 0. The third-order valence-electron chi connectivity index (χ3n) is 2.91. The standard InChI is InChI=1S/C11H23N3O2/c1-6-8(2)7-14(5)10(15)11(3,4)9(12)13-16/h8,16H,6-7H2,1-5H3,(H2,12,13). The van der Waals surface area contributed by atoms with Gasteiger partial charge in [0.05, 0.1) is 0 Å². The molecule has 0 aromatic rings. The molecule has 0 aromatic heterocycles. The predicted octanol–water partition coefficient (Wildman–Crippen LogP) is 1.26. The molecule has 5 nitrogen and oxygen atoms in total. The Bertz CT molecular complexity index is 274. The minimum atomic E-state index is -0.961. The molecule has 1 amide bonds. The van der Waals surface area contributed by atoms with Crippen molar-refractivity contribution in [2.75, 3.05) is 13.6 Å². The van der Waals surface area contributed by atoms with Crippen molar-refractivity contribution in [2.45, 2.75) is 34.1 Å². The van der Waals surface area contributed by atoms with Crippen molar-refractivity contribution in [1.82, 2.24) is 4.90 Å². The second-order valence-corrected chi connectivity index (χ2v) is 4.81. The zero-order chi connectivity index (χ0) is 12.9. The van der Waals surface area contributed by atoms with Crippen LogP contribution >= 0.6 is 0 Å². The van der Waals surface area contributed by atoms with Gasteiger partial charge in [-0.2, -0.15) is 0 Å². The number of hydrogen-bond donors (Lipinski definition) is 2. The maximum absolute atomic E-state index is 12.1. The molecule has 5 heteroatoms. The van der Waals surface area contributed by atoms with Gasteiger partial charge in [-0.15, -0.1) is 0 Å². The molecule has 0 heterocycles. The quantitative estimate of drug-likeness (QED) is 0.322. The van der Waals surface area contributed by atoms with Gasteiger partial charge in [0.25, 0.3) is 0 Å². The second-order valence-electron chi connectivity index (χ2n) is 4.81. The molecule has 0 saturated carbocycles. The zero-order valence-corrected chi connectivity index (χ0v) is 10.8. The van der Waals surface area contributed by atoms with Crippen LogP contribution in [-0.2, 0) is 4.79 Å². The van der Waals surface area contributed by atoms with Gasteiger partial charge in [-0.25, -0.2) is 0 Å². The first-order chi connectivity index (χ1) is 7.27. The first-order valence-corrected chi connectivity index (χ1v) is 5.50. The van der Waals surface area contributed by atoms with Crippen LogP contribution < -0.4 is 5.73 Å². The molecule has 0 aliphatic heterocycles. The van der Waals surface area contributed by atoms with Crippen LogP contribution in [0.1, 0.15) is 34.1 Å². The number of carbonyl (C=O) groups is 1. The van der Waals surface area contributed by atoms with E-state index in [-0.39, 0.29) is 11.7 Å². The molecule has 0 bridgehead atoms. The van der Waals surface area contributed by atoms with Gasteiger partial charge < -0.3 is 15.8 Å². The summed E-state index contributed by atoms with van der Waals surface area (Å²) in [6.45, 7) is 8.14. The largest absolute Gasteiger partial charge is 0.409 e. The number of amidine groups is 1. The smallest absolute Gasteiger partial charge is 0.235 e. The highest BCUT2D eigenvalue weighted by Crippen LogP contribution is 2.19. The molecule has 3 N–H and O–H groups in total. The SMILES string of the molecule is CCC(C)CN(C)C(=O)C(C)(C)C(N)=NO. The summed E-state index contributed by atoms with van der Waals surface area (Å²) in [5, 5.41) is 11.5. The summed E-state index contributed by atoms with van der Waals surface area (Å²) in [6, 6.07) is 0. The molecule has 0 aromatic carbocycles. The van der Waals surface area contributed by atoms with Crippen LogP contribution in [0.2, 0.25) is 0 Å². The number of amides is 1. The van der Waals surface area contributed by atoms with Gasteiger partial charge in [0.1, 0.15) is 5.41 Å². The number of oxime groups is 1. The fourth-order valence-corrected chi connectivity index (χ4v) is 1.39. The molecule has 0 aliphatic rings. The van der Waals surface area contributed by atoms with E-state index in [0.717, 1.165) is 6.42 Å². The molecule has 1 unspecified atom stereocenters. The van der Waals surface area contributed by atoms with Crippen molar-refractivity contribution in [1.29, 1.82) is 0 Å². The van der Waals surface area contributed by atoms with Crippen molar-refractivity contribution >= 4 is 11.7 Å². The fourth-order valence-electron chi connectivity index (χ4n) is 1.39. The van der Waals surface area contributed by atoms with Gasteiger partial charge in [0.2, 0.25) is 5.91 Å². The molecule has 0 rings (SSSR count). The van der Waals surface area contributed by atoms with Crippen molar-refractivity contribution in [2.24, 2.45) is 22.2 Å². The first-order valence-electron chi connectivity index (χ1n) is 5.50. The lowest BCUT2D eigenvalue weighted by Gasteiger charge is -2.29. The van der Waals surface area contributed by atoms with Crippen LogP contribution in [0.25, 0.3) is 0 Å². The lowest BCUT2D eigenvalue weighted by Crippen LogP contribution is -2.47. The lowest BCUT2D eigenvalue weighted by molar-refractivity contribution is -0.136. The lowest BCUT2D eigenvalue weighted by atomic mass is 9.90. The summed E-state index contributed by atoms with van der Waals surface area (Å²) >= 11 is 0. The van der Waals surface area contributed by atoms with Gasteiger partial charge in [-0.05, 0) is 19.8 Å². The summed E-state index contributed by atoms with van der Waals surface area (Å²) in [5.41, 5.74) is 4.54. The minimum Gasteiger partial charge on any atom is -0.409 e. The van der Waals surface area contributed by atoms with E-state index in [1.54, 1.807) is 25.8 Å². The van der Waals surface area contributed by atoms with Crippen LogP contribution in [0.3, 0.4) is 0 Å². The molecule has 94 valence electrons. The molecule has 0 fully saturated rings. The van der Waals surface area contributed by atoms with Crippen LogP contribution in [-0.4, -0.2) is 35.4 Å². The Balaban J connectivity index is 4.67. The number of rotatable bonds is 5. The van der Waals surface area contributed by atoms with Crippen molar-refractivity contribution in [3.63, 3.8) is 0 Å². The van der Waals surface area contributed by atoms with E-state index in [2.05, 4.69) is 19.0 Å². The van der Waals surface area contributed by atoms with Gasteiger partial charge >= 0.3 is 0 Å². The zero-order valence-electron chi connectivity index (χ0n) is 10.8. The normalized spacial score (nSPS) is 14.7. The third kappa shape index (κ3) is 3.40. The van der Waals surface area contributed by atoms with E-state index < -0.39 is 5.41 Å². The van der Waals surface area contributed by atoms with E-state index in [9.17, 15) is 4.79 Å². The number of nitrogens with zero attached hydrogens (tertiary/aromatic N) is 2. The monoisotopic (exact) mass is 229 g/mol. The van der Waals surface area contributed by atoms with E-state index >= 15 is 0 Å². The molecule has 1 atom stereocenters. The maximum atomic E-state index is 12.1. The third-order valence-corrected chi connectivity index (χ3v) is 2.91. The molecule has 0 radical (unpaired) electrons. The molecule has 0 saturated heterocycles. The molecular formula is C11H23N3O2. The van der Waals surface area contributed by atoms with E-state index in [0.29, 0.717) is 12.5 Å². The van der Waals surface area contributed by atoms with Crippen LogP contribution in [0.15, 0.2) is 5.16 Å². The number of hydrogen-bond acceptors (Lipinski definition) is 3. The Morgan fingerprint density at radius 3 is 2.44 bits per heavy atom. The maximum Gasteiger partial charge on any atom is 0.235 e. The molecule has 0 aliphatic carbocycles. The molecular weight excluding hydrogens is 206 g/mol. The highest BCUT2D eigenvalue weighted by atomic mass is 16.4. The number of carbonyl (C=O) groups excluding carboxylic acids is 1. The van der Waals surface area contributed by atoms with Crippen LogP contribution in [0, 0.1) is 11.3 Å². The summed E-state index contributed by atoms with van der Waals surface area (Å²) in [5.74, 6) is 0.244. The van der Waals surface area contributed by atoms with Crippen LogP contribution in [0.5, 0.6) is 0 Å². The second kappa shape index (κ2) is 5.72. The van der Waals surface area contributed by atoms with Crippen molar-refractivity contribution in [3.8, 4) is 0 Å².